The zero-order valence-electron chi connectivity index (χ0n) is 20.2. The molecule has 29 heavy (non-hydrogen) atoms. The van der Waals surface area contributed by atoms with Crippen molar-refractivity contribution in [2.45, 2.75) is 84.4 Å². The Labute approximate surface area is 180 Å². The number of hydrogen-bond donors (Lipinski definition) is 1. The Morgan fingerprint density at radius 1 is 1.10 bits per heavy atom. The Morgan fingerprint density at radius 2 is 1.62 bits per heavy atom. The SMILES string of the molecule is C/C(=C\[C@@H](C)[C@](C)(C(=O)O)[Si](C)(C)C)[Si@@](C)(COCc1ccccc1)C(C)(C)C. The van der Waals surface area contributed by atoms with Gasteiger partial charge in [0.1, 0.15) is 8.07 Å². The highest BCUT2D eigenvalue weighted by molar-refractivity contribution is 6.87. The van der Waals surface area contributed by atoms with Crippen molar-refractivity contribution in [2.24, 2.45) is 5.92 Å². The summed E-state index contributed by atoms with van der Waals surface area (Å²) in [5.74, 6) is -0.692. The molecule has 5 heteroatoms. The minimum Gasteiger partial charge on any atom is -0.481 e. The summed E-state index contributed by atoms with van der Waals surface area (Å²) in [5.41, 5.74) is 1.19. The van der Waals surface area contributed by atoms with Gasteiger partial charge in [-0.25, -0.2) is 0 Å². The first-order chi connectivity index (χ1) is 13.1. The van der Waals surface area contributed by atoms with E-state index in [1.165, 1.54) is 10.8 Å². The number of allylic oxidation sites excluding steroid dienone is 2. The molecule has 0 saturated heterocycles. The summed E-state index contributed by atoms with van der Waals surface area (Å²) in [4.78, 5) is 12.3. The van der Waals surface area contributed by atoms with Gasteiger partial charge < -0.3 is 9.84 Å². The fourth-order valence-corrected chi connectivity index (χ4v) is 8.86. The van der Waals surface area contributed by atoms with E-state index < -0.39 is 27.2 Å². The lowest BCUT2D eigenvalue weighted by Crippen LogP contribution is -2.49. The standard InChI is InChI=1S/C24H42O3Si2/c1-19(24(6,22(25)26)28(7,8)9)16-20(2)29(10,23(3,4)5)18-27-17-21-14-12-11-13-15-21/h11-16,19H,17-18H2,1-10H3,(H,25,26)/b20-16+/t19-,24-,29-/m1/s1. The van der Waals surface area contributed by atoms with Gasteiger partial charge in [-0.2, -0.15) is 0 Å². The lowest BCUT2D eigenvalue weighted by molar-refractivity contribution is -0.141. The number of ether oxygens (including phenoxy) is 1. The fraction of sp³-hybridized carbons (Fsp3) is 0.625. The van der Waals surface area contributed by atoms with Gasteiger partial charge in [-0.1, -0.05) is 102 Å². The largest absolute Gasteiger partial charge is 0.481 e. The van der Waals surface area contributed by atoms with Crippen LogP contribution in [0.25, 0.3) is 0 Å². The number of benzene rings is 1. The van der Waals surface area contributed by atoms with Crippen LogP contribution in [-0.2, 0) is 16.1 Å². The molecule has 0 saturated carbocycles. The normalized spacial score (nSPS) is 18.6. The van der Waals surface area contributed by atoms with Gasteiger partial charge in [0.2, 0.25) is 0 Å². The minimum atomic E-state index is -1.98. The fourth-order valence-electron chi connectivity index (χ4n) is 3.79. The molecule has 0 aromatic heterocycles. The highest BCUT2D eigenvalue weighted by Gasteiger charge is 2.50. The molecule has 0 aliphatic carbocycles. The van der Waals surface area contributed by atoms with Crippen molar-refractivity contribution in [3.8, 4) is 0 Å². The molecule has 1 rings (SSSR count). The predicted octanol–water partition coefficient (Wildman–Crippen LogP) is 6.93. The van der Waals surface area contributed by atoms with Crippen LogP contribution in [0.15, 0.2) is 41.6 Å². The van der Waals surface area contributed by atoms with Crippen molar-refractivity contribution in [3.05, 3.63) is 47.2 Å². The van der Waals surface area contributed by atoms with Crippen LogP contribution in [0.2, 0.25) is 36.3 Å². The number of carboxylic acid groups (broad SMARTS) is 1. The van der Waals surface area contributed by atoms with Crippen LogP contribution in [0.1, 0.15) is 47.1 Å². The maximum absolute atomic E-state index is 12.3. The Bertz CT molecular complexity index is 716. The van der Waals surface area contributed by atoms with E-state index in [9.17, 15) is 9.90 Å². The van der Waals surface area contributed by atoms with Crippen molar-refractivity contribution in [1.82, 2.24) is 0 Å². The molecule has 3 atom stereocenters. The molecule has 0 unspecified atom stereocenters. The summed E-state index contributed by atoms with van der Waals surface area (Å²) < 4.78 is 6.23. The Balaban J connectivity index is 3.17. The molecular formula is C24H42O3Si2. The van der Waals surface area contributed by atoms with Gasteiger partial charge in [-0.15, -0.1) is 0 Å². The molecule has 1 aromatic rings. The molecular weight excluding hydrogens is 392 g/mol. The van der Waals surface area contributed by atoms with E-state index in [0.717, 1.165) is 6.23 Å². The van der Waals surface area contributed by atoms with Crippen molar-refractivity contribution in [3.63, 3.8) is 0 Å². The lowest BCUT2D eigenvalue weighted by Gasteiger charge is -2.44. The summed E-state index contributed by atoms with van der Waals surface area (Å²) in [6.45, 7) is 22.6. The summed E-state index contributed by atoms with van der Waals surface area (Å²) >= 11 is 0. The first-order valence-electron chi connectivity index (χ1n) is 10.6. The molecule has 0 amide bonds. The molecule has 164 valence electrons. The monoisotopic (exact) mass is 434 g/mol. The zero-order chi connectivity index (χ0) is 22.7. The van der Waals surface area contributed by atoms with E-state index in [-0.39, 0.29) is 11.0 Å². The number of hydrogen-bond acceptors (Lipinski definition) is 2. The molecule has 1 N–H and O–H groups in total. The molecule has 0 fully saturated rings. The van der Waals surface area contributed by atoms with Crippen molar-refractivity contribution < 1.29 is 14.6 Å². The number of carboxylic acids is 1. The maximum Gasteiger partial charge on any atom is 0.307 e. The van der Waals surface area contributed by atoms with Gasteiger partial charge in [0.15, 0.2) is 0 Å². The molecule has 0 bridgehead atoms. The number of aliphatic carboxylic acids is 1. The molecule has 0 heterocycles. The van der Waals surface area contributed by atoms with Crippen LogP contribution < -0.4 is 0 Å². The number of rotatable bonds is 9. The van der Waals surface area contributed by atoms with Crippen LogP contribution in [0.5, 0.6) is 0 Å². The molecule has 3 nitrogen and oxygen atoms in total. The van der Waals surface area contributed by atoms with E-state index >= 15 is 0 Å². The van der Waals surface area contributed by atoms with Gasteiger partial charge in [0.25, 0.3) is 0 Å². The third-order valence-corrected chi connectivity index (χ3v) is 17.2. The number of carbonyl (C=O) groups is 1. The summed E-state index contributed by atoms with van der Waals surface area (Å²) in [6, 6.07) is 10.3. The van der Waals surface area contributed by atoms with Crippen molar-refractivity contribution in [1.29, 1.82) is 0 Å². The van der Waals surface area contributed by atoms with Crippen LogP contribution in [0.3, 0.4) is 0 Å². The van der Waals surface area contributed by atoms with Gasteiger partial charge in [0, 0.05) is 6.23 Å². The maximum atomic E-state index is 12.3. The predicted molar refractivity (Wildman–Crippen MR) is 130 cm³/mol. The summed E-state index contributed by atoms with van der Waals surface area (Å²) in [6.07, 6.45) is 2.99. The average molecular weight is 435 g/mol. The van der Waals surface area contributed by atoms with Crippen molar-refractivity contribution >= 4 is 22.1 Å². The summed E-state index contributed by atoms with van der Waals surface area (Å²) in [5, 5.41) is 10.8. The van der Waals surface area contributed by atoms with Crippen LogP contribution >= 0.6 is 0 Å². The first kappa shape index (κ1) is 25.9. The first-order valence-corrected chi connectivity index (χ1v) is 16.8. The highest BCUT2D eigenvalue weighted by atomic mass is 28.3. The second-order valence-corrected chi connectivity index (χ2v) is 21.7. The van der Waals surface area contributed by atoms with E-state index in [4.69, 9.17) is 4.74 Å². The van der Waals surface area contributed by atoms with E-state index in [1.54, 1.807) is 0 Å². The lowest BCUT2D eigenvalue weighted by atomic mass is 9.94. The van der Waals surface area contributed by atoms with E-state index in [2.05, 4.69) is 79.0 Å². The van der Waals surface area contributed by atoms with Crippen LogP contribution in [0, 0.1) is 5.92 Å². The third kappa shape index (κ3) is 5.71. The summed E-state index contributed by atoms with van der Waals surface area (Å²) in [7, 11) is -3.92. The highest BCUT2D eigenvalue weighted by Crippen LogP contribution is 2.48. The average Bonchev–Trinajstić information content (AvgIpc) is 2.59. The Kier molecular flexibility index (Phi) is 8.31. The van der Waals surface area contributed by atoms with Gasteiger partial charge >= 0.3 is 5.97 Å². The molecule has 0 aliphatic heterocycles. The smallest absolute Gasteiger partial charge is 0.307 e. The Morgan fingerprint density at radius 3 is 2.03 bits per heavy atom. The molecule has 0 radical (unpaired) electrons. The Hall–Kier alpha value is -1.18. The van der Waals surface area contributed by atoms with Crippen molar-refractivity contribution in [2.75, 3.05) is 6.23 Å². The van der Waals surface area contributed by atoms with Crippen LogP contribution in [-0.4, -0.2) is 33.5 Å². The third-order valence-electron chi connectivity index (χ3n) is 7.44. The van der Waals surface area contributed by atoms with E-state index in [0.29, 0.717) is 6.61 Å². The molecule has 0 spiro atoms. The second-order valence-electron chi connectivity index (χ2n) is 11.0. The molecule has 1 aromatic carbocycles. The van der Waals surface area contributed by atoms with Gasteiger partial charge in [-0.05, 0) is 23.4 Å². The minimum absolute atomic E-state index is 0.0186. The van der Waals surface area contributed by atoms with Gasteiger partial charge in [0.05, 0.1) is 19.7 Å². The quantitative estimate of drug-likeness (QED) is 0.429. The van der Waals surface area contributed by atoms with Gasteiger partial charge in [-0.3, -0.25) is 4.79 Å². The molecule has 0 aliphatic rings. The zero-order valence-corrected chi connectivity index (χ0v) is 22.2. The van der Waals surface area contributed by atoms with E-state index in [1.807, 2.05) is 25.1 Å². The van der Waals surface area contributed by atoms with Crippen LogP contribution in [0.4, 0.5) is 0 Å². The second kappa shape index (κ2) is 9.31. The topological polar surface area (TPSA) is 46.5 Å².